The SMILES string of the molecule is CC(O)C1CCN(C2CS(=O)(=O)CC2O)C1. The quantitative estimate of drug-likeness (QED) is 0.646. The minimum absolute atomic E-state index is 0.0562. The van der Waals surface area contributed by atoms with E-state index in [2.05, 4.69) is 0 Å². The van der Waals surface area contributed by atoms with Crippen LogP contribution in [0.25, 0.3) is 0 Å². The minimum atomic E-state index is -3.07. The van der Waals surface area contributed by atoms with Crippen molar-refractivity contribution in [1.29, 1.82) is 0 Å². The molecule has 4 unspecified atom stereocenters. The number of sulfone groups is 1. The fourth-order valence-electron chi connectivity index (χ4n) is 2.67. The van der Waals surface area contributed by atoms with Gasteiger partial charge in [-0.2, -0.15) is 0 Å². The van der Waals surface area contributed by atoms with Gasteiger partial charge in [0.15, 0.2) is 9.84 Å². The van der Waals surface area contributed by atoms with Crippen LogP contribution in [0.4, 0.5) is 0 Å². The number of hydrogen-bond acceptors (Lipinski definition) is 5. The van der Waals surface area contributed by atoms with Crippen LogP contribution in [0.2, 0.25) is 0 Å². The van der Waals surface area contributed by atoms with Gasteiger partial charge in [0.05, 0.1) is 29.8 Å². The van der Waals surface area contributed by atoms with Gasteiger partial charge < -0.3 is 10.2 Å². The minimum Gasteiger partial charge on any atom is -0.393 e. The van der Waals surface area contributed by atoms with Crippen LogP contribution in [-0.4, -0.2) is 66.4 Å². The lowest BCUT2D eigenvalue weighted by Gasteiger charge is -2.25. The smallest absolute Gasteiger partial charge is 0.154 e. The first-order chi connectivity index (χ1) is 7.39. The summed E-state index contributed by atoms with van der Waals surface area (Å²) >= 11 is 0. The molecule has 5 nitrogen and oxygen atoms in total. The van der Waals surface area contributed by atoms with E-state index in [1.807, 2.05) is 4.90 Å². The zero-order chi connectivity index (χ0) is 11.9. The number of aliphatic hydroxyl groups excluding tert-OH is 2. The highest BCUT2D eigenvalue weighted by atomic mass is 32.2. The maximum Gasteiger partial charge on any atom is 0.154 e. The predicted molar refractivity (Wildman–Crippen MR) is 59.8 cm³/mol. The van der Waals surface area contributed by atoms with Crippen LogP contribution >= 0.6 is 0 Å². The summed E-state index contributed by atoms with van der Waals surface area (Å²) in [6.07, 6.45) is -0.251. The zero-order valence-corrected chi connectivity index (χ0v) is 10.2. The van der Waals surface area contributed by atoms with E-state index in [4.69, 9.17) is 0 Å². The van der Waals surface area contributed by atoms with Gasteiger partial charge in [-0.1, -0.05) is 0 Å². The molecule has 2 aliphatic heterocycles. The second-order valence-corrected chi connectivity index (χ2v) is 7.15. The van der Waals surface area contributed by atoms with Gasteiger partial charge in [0.2, 0.25) is 0 Å². The van der Waals surface area contributed by atoms with Crippen molar-refractivity contribution in [3.05, 3.63) is 0 Å². The molecule has 2 fully saturated rings. The first-order valence-corrected chi connectivity index (χ1v) is 7.52. The van der Waals surface area contributed by atoms with E-state index in [1.54, 1.807) is 6.92 Å². The van der Waals surface area contributed by atoms with Crippen molar-refractivity contribution < 1.29 is 18.6 Å². The van der Waals surface area contributed by atoms with Gasteiger partial charge in [-0.15, -0.1) is 0 Å². The largest absolute Gasteiger partial charge is 0.393 e. The van der Waals surface area contributed by atoms with E-state index in [-0.39, 0.29) is 29.6 Å². The second-order valence-electron chi connectivity index (χ2n) is 5.00. The van der Waals surface area contributed by atoms with E-state index in [0.717, 1.165) is 13.0 Å². The van der Waals surface area contributed by atoms with E-state index in [9.17, 15) is 18.6 Å². The number of rotatable bonds is 2. The first kappa shape index (κ1) is 12.3. The average molecular weight is 249 g/mol. The third-order valence-electron chi connectivity index (χ3n) is 3.70. The summed E-state index contributed by atoms with van der Waals surface area (Å²) in [7, 11) is -3.07. The highest BCUT2D eigenvalue weighted by Crippen LogP contribution is 2.26. The van der Waals surface area contributed by atoms with Gasteiger partial charge in [-0.05, 0) is 25.8 Å². The Balaban J connectivity index is 2.00. The highest BCUT2D eigenvalue weighted by Gasteiger charge is 2.42. The van der Waals surface area contributed by atoms with Crippen LogP contribution in [-0.2, 0) is 9.84 Å². The Labute approximate surface area is 96.0 Å². The predicted octanol–water partition coefficient (Wildman–Crippen LogP) is -1.15. The third-order valence-corrected chi connectivity index (χ3v) is 5.40. The maximum atomic E-state index is 11.4. The van der Waals surface area contributed by atoms with Gasteiger partial charge in [0.1, 0.15) is 0 Å². The van der Waals surface area contributed by atoms with Gasteiger partial charge in [-0.25, -0.2) is 8.42 Å². The fraction of sp³-hybridized carbons (Fsp3) is 1.00. The molecule has 0 spiro atoms. The van der Waals surface area contributed by atoms with Crippen molar-refractivity contribution in [1.82, 2.24) is 4.90 Å². The zero-order valence-electron chi connectivity index (χ0n) is 9.41. The molecule has 2 N–H and O–H groups in total. The van der Waals surface area contributed by atoms with E-state index in [0.29, 0.717) is 6.54 Å². The Morgan fingerprint density at radius 3 is 2.50 bits per heavy atom. The molecule has 94 valence electrons. The molecule has 4 atom stereocenters. The topological polar surface area (TPSA) is 77.8 Å². The van der Waals surface area contributed by atoms with Crippen molar-refractivity contribution in [3.63, 3.8) is 0 Å². The number of aliphatic hydroxyl groups is 2. The second kappa shape index (κ2) is 4.25. The molecule has 2 heterocycles. The number of hydrogen-bond donors (Lipinski definition) is 2. The summed E-state index contributed by atoms with van der Waals surface area (Å²) in [5, 5.41) is 19.2. The molecule has 2 saturated heterocycles. The number of nitrogens with zero attached hydrogens (tertiary/aromatic N) is 1. The van der Waals surface area contributed by atoms with Crippen molar-refractivity contribution in [2.45, 2.75) is 31.6 Å². The monoisotopic (exact) mass is 249 g/mol. The molecular weight excluding hydrogens is 230 g/mol. The van der Waals surface area contributed by atoms with Crippen LogP contribution in [0.15, 0.2) is 0 Å². The van der Waals surface area contributed by atoms with Crippen molar-refractivity contribution in [2.24, 2.45) is 5.92 Å². The molecule has 0 radical (unpaired) electrons. The van der Waals surface area contributed by atoms with Crippen molar-refractivity contribution >= 4 is 9.84 Å². The van der Waals surface area contributed by atoms with Crippen LogP contribution in [0.3, 0.4) is 0 Å². The van der Waals surface area contributed by atoms with Gasteiger partial charge >= 0.3 is 0 Å². The van der Waals surface area contributed by atoms with Gasteiger partial charge in [0, 0.05) is 6.54 Å². The molecule has 0 aromatic carbocycles. The number of likely N-dealkylation sites (tertiary alicyclic amines) is 1. The fourth-order valence-corrected chi connectivity index (χ4v) is 4.50. The first-order valence-electron chi connectivity index (χ1n) is 5.69. The Bertz CT molecular complexity index is 354. The average Bonchev–Trinajstić information content (AvgIpc) is 2.69. The summed E-state index contributed by atoms with van der Waals surface area (Å²) in [6.45, 7) is 3.22. The Morgan fingerprint density at radius 1 is 1.38 bits per heavy atom. The molecule has 6 heteroatoms. The molecule has 0 amide bonds. The summed E-state index contributed by atoms with van der Waals surface area (Å²) in [5.74, 6) is 0.143. The standard InChI is InChI=1S/C10H19NO4S/c1-7(12)8-2-3-11(4-8)9-5-16(14,15)6-10(9)13/h7-10,12-13H,2-6H2,1H3. The third kappa shape index (κ3) is 2.40. The molecule has 0 bridgehead atoms. The summed E-state index contributed by atoms with van der Waals surface area (Å²) < 4.78 is 22.8. The normalized spacial score (nSPS) is 41.3. The summed E-state index contributed by atoms with van der Waals surface area (Å²) in [5.41, 5.74) is 0. The lowest BCUT2D eigenvalue weighted by molar-refractivity contribution is 0.0831. The van der Waals surface area contributed by atoms with Crippen LogP contribution in [0.1, 0.15) is 13.3 Å². The van der Waals surface area contributed by atoms with Crippen molar-refractivity contribution in [2.75, 3.05) is 24.6 Å². The van der Waals surface area contributed by atoms with E-state index >= 15 is 0 Å². The Hall–Kier alpha value is -0.170. The molecule has 0 aliphatic carbocycles. The molecule has 0 aromatic heterocycles. The molecule has 0 saturated carbocycles. The molecule has 0 aromatic rings. The van der Waals surface area contributed by atoms with Crippen LogP contribution in [0, 0.1) is 5.92 Å². The van der Waals surface area contributed by atoms with Gasteiger partial charge in [-0.3, -0.25) is 4.90 Å². The van der Waals surface area contributed by atoms with Crippen molar-refractivity contribution in [3.8, 4) is 0 Å². The molecule has 2 rings (SSSR count). The molecule has 2 aliphatic rings. The molecular formula is C10H19NO4S. The van der Waals surface area contributed by atoms with Gasteiger partial charge in [0.25, 0.3) is 0 Å². The lowest BCUT2D eigenvalue weighted by Crippen LogP contribution is -2.42. The Kier molecular flexibility index (Phi) is 3.27. The van der Waals surface area contributed by atoms with Crippen LogP contribution in [0.5, 0.6) is 0 Å². The van der Waals surface area contributed by atoms with E-state index in [1.165, 1.54) is 0 Å². The highest BCUT2D eigenvalue weighted by molar-refractivity contribution is 7.91. The maximum absolute atomic E-state index is 11.4. The lowest BCUT2D eigenvalue weighted by atomic mass is 10.0. The summed E-state index contributed by atoms with van der Waals surface area (Å²) in [4.78, 5) is 2.01. The molecule has 16 heavy (non-hydrogen) atoms. The van der Waals surface area contributed by atoms with E-state index < -0.39 is 15.9 Å². The van der Waals surface area contributed by atoms with Crippen LogP contribution < -0.4 is 0 Å². The summed E-state index contributed by atoms with van der Waals surface area (Å²) in [6, 6.07) is -0.270. The Morgan fingerprint density at radius 2 is 2.06 bits per heavy atom.